The number of benzene rings is 2. The van der Waals surface area contributed by atoms with Crippen LogP contribution in [0.1, 0.15) is 25.0 Å². The maximum atomic E-state index is 14.0. The predicted octanol–water partition coefficient (Wildman–Crippen LogP) is 3.95. The minimum Gasteiger partial charge on any atom is -0.497 e. The Balaban J connectivity index is 2.02. The van der Waals surface area contributed by atoms with Crippen LogP contribution in [0.2, 0.25) is 0 Å². The van der Waals surface area contributed by atoms with Crippen molar-refractivity contribution < 1.29 is 18.7 Å². The summed E-state index contributed by atoms with van der Waals surface area (Å²) < 4.78 is 24.4. The highest BCUT2D eigenvalue weighted by molar-refractivity contribution is 5.91. The molecule has 138 valence electrons. The molecule has 2 aromatic carbocycles. The molecule has 0 aliphatic rings. The molecule has 0 aromatic heterocycles. The summed E-state index contributed by atoms with van der Waals surface area (Å²) >= 11 is 0. The molecule has 0 saturated carbocycles. The molecule has 0 radical (unpaired) electrons. The van der Waals surface area contributed by atoms with Crippen LogP contribution < -0.4 is 14.8 Å². The third-order valence-electron chi connectivity index (χ3n) is 4.11. The van der Waals surface area contributed by atoms with Crippen molar-refractivity contribution in [3.63, 3.8) is 0 Å². The van der Waals surface area contributed by atoms with E-state index in [0.29, 0.717) is 23.6 Å². The molecule has 2 aromatic rings. The van der Waals surface area contributed by atoms with Crippen molar-refractivity contribution in [2.24, 2.45) is 0 Å². The van der Waals surface area contributed by atoms with Gasteiger partial charge in [0.25, 0.3) is 0 Å². The van der Waals surface area contributed by atoms with Crippen LogP contribution in [0.25, 0.3) is 6.08 Å². The Morgan fingerprint density at radius 2 is 1.73 bits per heavy atom. The lowest BCUT2D eigenvalue weighted by Gasteiger charge is -2.25. The SMILES string of the molecule is COc1cc(/C=C/C(=O)NCC(C)(C)c2ccccc2F)cc(OC)c1. The number of hydrogen-bond acceptors (Lipinski definition) is 3. The number of amides is 1. The van der Waals surface area contributed by atoms with Gasteiger partial charge in [-0.2, -0.15) is 0 Å². The number of hydrogen-bond donors (Lipinski definition) is 1. The van der Waals surface area contributed by atoms with Crippen molar-refractivity contribution in [3.8, 4) is 11.5 Å². The van der Waals surface area contributed by atoms with Gasteiger partial charge in [0, 0.05) is 24.1 Å². The molecular formula is C21H24FNO3. The van der Waals surface area contributed by atoms with E-state index in [2.05, 4.69) is 5.32 Å². The molecule has 0 bridgehead atoms. The van der Waals surface area contributed by atoms with E-state index < -0.39 is 5.41 Å². The van der Waals surface area contributed by atoms with E-state index in [4.69, 9.17) is 9.47 Å². The van der Waals surface area contributed by atoms with Crippen molar-refractivity contribution >= 4 is 12.0 Å². The largest absolute Gasteiger partial charge is 0.497 e. The van der Waals surface area contributed by atoms with Crippen LogP contribution in [0.4, 0.5) is 4.39 Å². The van der Waals surface area contributed by atoms with Crippen molar-refractivity contribution in [2.45, 2.75) is 19.3 Å². The van der Waals surface area contributed by atoms with E-state index in [1.807, 2.05) is 13.8 Å². The van der Waals surface area contributed by atoms with Gasteiger partial charge in [-0.25, -0.2) is 4.39 Å². The summed E-state index contributed by atoms with van der Waals surface area (Å²) in [5.74, 6) is 0.761. The van der Waals surface area contributed by atoms with Crippen LogP contribution in [-0.2, 0) is 10.2 Å². The first-order chi connectivity index (χ1) is 12.4. The van der Waals surface area contributed by atoms with Gasteiger partial charge >= 0.3 is 0 Å². The van der Waals surface area contributed by atoms with E-state index in [1.54, 1.807) is 56.7 Å². The molecule has 1 amide bonds. The lowest BCUT2D eigenvalue weighted by atomic mass is 9.84. The summed E-state index contributed by atoms with van der Waals surface area (Å²) in [4.78, 5) is 12.1. The second-order valence-corrected chi connectivity index (χ2v) is 6.56. The number of halogens is 1. The van der Waals surface area contributed by atoms with Gasteiger partial charge in [0.15, 0.2) is 0 Å². The van der Waals surface area contributed by atoms with Crippen LogP contribution in [0.5, 0.6) is 11.5 Å². The molecule has 0 unspecified atom stereocenters. The third kappa shape index (κ3) is 5.09. The van der Waals surface area contributed by atoms with Gasteiger partial charge < -0.3 is 14.8 Å². The average molecular weight is 357 g/mol. The number of ether oxygens (including phenoxy) is 2. The van der Waals surface area contributed by atoms with Crippen LogP contribution in [0, 0.1) is 5.82 Å². The minimum atomic E-state index is -0.520. The Morgan fingerprint density at radius 1 is 1.12 bits per heavy atom. The Kier molecular flexibility index (Phi) is 6.39. The fourth-order valence-electron chi connectivity index (χ4n) is 2.57. The van der Waals surface area contributed by atoms with Crippen LogP contribution in [0.15, 0.2) is 48.5 Å². The number of nitrogens with one attached hydrogen (secondary N) is 1. The van der Waals surface area contributed by atoms with Gasteiger partial charge in [-0.3, -0.25) is 4.79 Å². The maximum Gasteiger partial charge on any atom is 0.244 e. The molecule has 0 atom stereocenters. The highest BCUT2D eigenvalue weighted by Crippen LogP contribution is 2.25. The van der Waals surface area contributed by atoms with Crippen molar-refractivity contribution in [1.29, 1.82) is 0 Å². The fourth-order valence-corrected chi connectivity index (χ4v) is 2.57. The minimum absolute atomic E-state index is 0.254. The first-order valence-electron chi connectivity index (χ1n) is 8.30. The molecule has 26 heavy (non-hydrogen) atoms. The van der Waals surface area contributed by atoms with E-state index in [9.17, 15) is 9.18 Å². The number of methoxy groups -OCH3 is 2. The molecule has 1 N–H and O–H groups in total. The predicted molar refractivity (Wildman–Crippen MR) is 101 cm³/mol. The van der Waals surface area contributed by atoms with Crippen LogP contribution in [0.3, 0.4) is 0 Å². The second kappa shape index (κ2) is 8.52. The molecule has 5 heteroatoms. The van der Waals surface area contributed by atoms with Gasteiger partial charge in [0.05, 0.1) is 14.2 Å². The average Bonchev–Trinajstić information content (AvgIpc) is 2.64. The monoisotopic (exact) mass is 357 g/mol. The molecule has 0 saturated heterocycles. The van der Waals surface area contributed by atoms with Gasteiger partial charge in [0.1, 0.15) is 17.3 Å². The Bertz CT molecular complexity index is 777. The van der Waals surface area contributed by atoms with E-state index in [-0.39, 0.29) is 11.7 Å². The van der Waals surface area contributed by atoms with E-state index in [0.717, 1.165) is 5.56 Å². The lowest BCUT2D eigenvalue weighted by molar-refractivity contribution is -0.116. The topological polar surface area (TPSA) is 47.6 Å². The Hall–Kier alpha value is -2.82. The summed E-state index contributed by atoms with van der Waals surface area (Å²) in [6, 6.07) is 12.0. The van der Waals surface area contributed by atoms with Crippen molar-refractivity contribution in [1.82, 2.24) is 5.32 Å². The highest BCUT2D eigenvalue weighted by atomic mass is 19.1. The molecule has 0 aliphatic heterocycles. The Labute approximate surface area is 153 Å². The van der Waals surface area contributed by atoms with Crippen molar-refractivity contribution in [2.75, 3.05) is 20.8 Å². The van der Waals surface area contributed by atoms with Crippen LogP contribution >= 0.6 is 0 Å². The molecular weight excluding hydrogens is 333 g/mol. The summed E-state index contributed by atoms with van der Waals surface area (Å²) in [5, 5.41) is 2.82. The van der Waals surface area contributed by atoms with E-state index >= 15 is 0 Å². The molecule has 0 fully saturated rings. The van der Waals surface area contributed by atoms with Gasteiger partial charge in [0.2, 0.25) is 5.91 Å². The number of carbonyl (C=O) groups excluding carboxylic acids is 1. The quantitative estimate of drug-likeness (QED) is 0.763. The lowest BCUT2D eigenvalue weighted by Crippen LogP contribution is -2.36. The first-order valence-corrected chi connectivity index (χ1v) is 8.30. The summed E-state index contributed by atoms with van der Waals surface area (Å²) in [6.45, 7) is 4.10. The smallest absolute Gasteiger partial charge is 0.244 e. The number of carbonyl (C=O) groups is 1. The highest BCUT2D eigenvalue weighted by Gasteiger charge is 2.24. The fraction of sp³-hybridized carbons (Fsp3) is 0.286. The normalized spacial score (nSPS) is 11.4. The zero-order valence-corrected chi connectivity index (χ0v) is 15.5. The van der Waals surface area contributed by atoms with Crippen LogP contribution in [-0.4, -0.2) is 26.7 Å². The van der Waals surface area contributed by atoms with E-state index in [1.165, 1.54) is 12.1 Å². The molecule has 0 aliphatic carbocycles. The van der Waals surface area contributed by atoms with Gasteiger partial charge in [-0.05, 0) is 35.4 Å². The molecule has 0 heterocycles. The summed E-state index contributed by atoms with van der Waals surface area (Å²) in [6.07, 6.45) is 3.11. The summed E-state index contributed by atoms with van der Waals surface area (Å²) in [5.41, 5.74) is 0.833. The van der Waals surface area contributed by atoms with Gasteiger partial charge in [-0.15, -0.1) is 0 Å². The molecule has 2 rings (SSSR count). The number of rotatable bonds is 7. The standard InChI is InChI=1S/C21H24FNO3/c1-21(2,18-7-5-6-8-19(18)22)14-23-20(24)10-9-15-11-16(25-3)13-17(12-15)26-4/h5-13H,14H2,1-4H3,(H,23,24)/b10-9+. The van der Waals surface area contributed by atoms with Gasteiger partial charge in [-0.1, -0.05) is 32.0 Å². The molecule has 0 spiro atoms. The maximum absolute atomic E-state index is 14.0. The van der Waals surface area contributed by atoms with Crippen molar-refractivity contribution in [3.05, 3.63) is 65.5 Å². The molecule has 4 nitrogen and oxygen atoms in total. The summed E-state index contributed by atoms with van der Waals surface area (Å²) in [7, 11) is 3.14. The zero-order valence-electron chi connectivity index (χ0n) is 15.5. The third-order valence-corrected chi connectivity index (χ3v) is 4.11. The Morgan fingerprint density at radius 3 is 2.31 bits per heavy atom. The second-order valence-electron chi connectivity index (χ2n) is 6.56. The zero-order chi connectivity index (χ0) is 19.2. The first kappa shape index (κ1) is 19.5.